The van der Waals surface area contributed by atoms with Gasteiger partial charge in [0, 0.05) is 18.0 Å². The Kier molecular flexibility index (Phi) is 9.38. The first kappa shape index (κ1) is 34.7. The lowest BCUT2D eigenvalue weighted by Gasteiger charge is -2.47. The number of ether oxygens (including phenoxy) is 9. The van der Waals surface area contributed by atoms with Crippen molar-refractivity contribution >= 4 is 5.97 Å². The number of aromatic nitrogens is 2. The Hall–Kier alpha value is -4.72. The zero-order valence-electron chi connectivity index (χ0n) is 27.4. The van der Waals surface area contributed by atoms with Crippen LogP contribution >= 0.6 is 0 Å². The number of cyclic esters (lactones) is 1. The lowest BCUT2D eigenvalue weighted by molar-refractivity contribution is -0.364. The average Bonchev–Trinajstić information content (AvgIpc) is 3.74. The van der Waals surface area contributed by atoms with Crippen LogP contribution in [-0.4, -0.2) is 102 Å². The highest BCUT2D eigenvalue weighted by Crippen LogP contribution is 2.57. The average molecular weight is 719 g/mol. The third-order valence-electron chi connectivity index (χ3n) is 9.52. The normalized spacial score (nSPS) is 31.7. The number of methoxy groups -OCH3 is 2. The number of nitrogens with one attached hydrogen (secondary N) is 2. The van der Waals surface area contributed by atoms with Crippen LogP contribution in [0.5, 0.6) is 28.7 Å². The molecule has 0 spiro atoms. The number of carbonyl (C=O) groups is 1. The number of hydrogen-bond acceptors (Lipinski definition) is 15. The molecule has 5 N–H and O–H groups in total. The molecule has 0 bridgehead atoms. The van der Waals surface area contributed by atoms with E-state index in [1.165, 1.54) is 14.2 Å². The molecule has 274 valence electrons. The summed E-state index contributed by atoms with van der Waals surface area (Å²) in [6, 6.07) is 6.93. The Morgan fingerprint density at radius 3 is 2.24 bits per heavy atom. The number of carbonyl (C=O) groups excluding carboxylic acids is 1. The molecule has 0 saturated carbocycles. The standard InChI is InChI=1S/C29H32O13.C4H3FN2O2/c1-11-36-9-20-27(40-11)24(31)25(32)29(41-20)42-26-14-7-17-16(38-10-39-17)6-13(14)21(22-15(26)8-37-28(22)33)12-4-18(34-2)23(30)19(5-12)35-3;5-2-1-6-4(9)7-3(2)8/h4-7,11,15,20-22,24-27,29-32H,8-10H2,1-3H3;1H,(H2,6,7,8,9)/t11-,15+,20-,21-,22+,24-,25-,26-,27-,29+;/m1./s1. The highest BCUT2D eigenvalue weighted by atomic mass is 19.1. The fourth-order valence-corrected chi connectivity index (χ4v) is 7.13. The van der Waals surface area contributed by atoms with Crippen LogP contribution in [0.1, 0.15) is 35.6 Å². The minimum absolute atomic E-state index is 0.0301. The minimum Gasteiger partial charge on any atom is -0.502 e. The Balaban J connectivity index is 0.000000395. The summed E-state index contributed by atoms with van der Waals surface area (Å²) in [5, 5.41) is 32.5. The molecule has 17 nitrogen and oxygen atoms in total. The molecule has 3 saturated heterocycles. The molecule has 0 amide bonds. The summed E-state index contributed by atoms with van der Waals surface area (Å²) in [7, 11) is 2.86. The Morgan fingerprint density at radius 2 is 1.59 bits per heavy atom. The van der Waals surface area contributed by atoms with Crippen LogP contribution in [-0.2, 0) is 28.5 Å². The SMILES string of the molecule is COc1cc([C@@H]2c3cc4c(cc3[C@@H](O[C@@H]3O[C@@H]5CO[C@@H](C)O[C@H]5[C@H](O)[C@H]3O)[C@H]3COC(=O)[C@H]23)OCO4)cc(OC)c1O.O=c1[nH]cc(F)c(=O)[nH]1. The van der Waals surface area contributed by atoms with E-state index in [-0.39, 0.29) is 37.3 Å². The molecule has 4 aliphatic heterocycles. The number of benzene rings is 2. The lowest BCUT2D eigenvalue weighted by atomic mass is 9.66. The van der Waals surface area contributed by atoms with Gasteiger partial charge in [-0.05, 0) is 47.9 Å². The van der Waals surface area contributed by atoms with Gasteiger partial charge in [0.2, 0.25) is 18.4 Å². The van der Waals surface area contributed by atoms with Gasteiger partial charge in [-0.15, -0.1) is 0 Å². The summed E-state index contributed by atoms with van der Waals surface area (Å²) in [5.41, 5.74) is 0.305. The second-order valence-corrected chi connectivity index (χ2v) is 12.4. The van der Waals surface area contributed by atoms with Gasteiger partial charge in [0.15, 0.2) is 35.6 Å². The highest BCUT2D eigenvalue weighted by Gasteiger charge is 2.56. The molecule has 5 aliphatic rings. The molecule has 1 aromatic heterocycles. The molecule has 2 aromatic carbocycles. The van der Waals surface area contributed by atoms with E-state index in [0.717, 1.165) is 0 Å². The Bertz CT molecular complexity index is 1890. The van der Waals surface area contributed by atoms with Gasteiger partial charge in [-0.1, -0.05) is 0 Å². The van der Waals surface area contributed by atoms with E-state index in [1.54, 1.807) is 36.2 Å². The molecular formula is C33H35FN2O15. The number of aliphatic hydroxyl groups is 2. The third kappa shape index (κ3) is 6.27. The first-order valence-electron chi connectivity index (χ1n) is 16.0. The fourth-order valence-electron chi connectivity index (χ4n) is 7.13. The van der Waals surface area contributed by atoms with E-state index in [9.17, 15) is 34.1 Å². The molecule has 3 aromatic rings. The summed E-state index contributed by atoms with van der Waals surface area (Å²) < 4.78 is 63.5. The summed E-state index contributed by atoms with van der Waals surface area (Å²) in [4.78, 5) is 37.4. The molecule has 1 aliphatic carbocycles. The number of phenols is 1. The van der Waals surface area contributed by atoms with Gasteiger partial charge in [0.1, 0.15) is 24.4 Å². The van der Waals surface area contributed by atoms with Gasteiger partial charge in [-0.25, -0.2) is 4.79 Å². The Morgan fingerprint density at radius 1 is 0.902 bits per heavy atom. The van der Waals surface area contributed by atoms with E-state index in [0.29, 0.717) is 34.4 Å². The van der Waals surface area contributed by atoms with E-state index < -0.39 is 83.9 Å². The maximum absolute atomic E-state index is 13.4. The van der Waals surface area contributed by atoms with Crippen molar-refractivity contribution in [2.75, 3.05) is 34.2 Å². The predicted molar refractivity (Wildman–Crippen MR) is 166 cm³/mol. The van der Waals surface area contributed by atoms with Crippen LogP contribution in [0, 0.1) is 17.7 Å². The molecule has 51 heavy (non-hydrogen) atoms. The van der Waals surface area contributed by atoms with Gasteiger partial charge in [0.05, 0.1) is 39.5 Å². The number of H-pyrrole nitrogens is 2. The fraction of sp³-hybridized carbons (Fsp3) is 0.485. The first-order valence-corrected chi connectivity index (χ1v) is 16.0. The van der Waals surface area contributed by atoms with Crippen LogP contribution in [0.2, 0.25) is 0 Å². The number of aliphatic hydroxyl groups excluding tert-OH is 2. The number of rotatable bonds is 5. The maximum atomic E-state index is 13.4. The topological polar surface area (TPSA) is 227 Å². The molecular weight excluding hydrogens is 683 g/mol. The molecule has 10 atom stereocenters. The van der Waals surface area contributed by atoms with Crippen LogP contribution in [0.15, 0.2) is 40.1 Å². The van der Waals surface area contributed by atoms with Gasteiger partial charge < -0.3 is 62.9 Å². The number of fused-ring (bicyclic) bond motifs is 4. The number of hydrogen-bond donors (Lipinski definition) is 5. The molecule has 3 fully saturated rings. The maximum Gasteiger partial charge on any atom is 0.325 e. The Labute approximate surface area is 287 Å². The second-order valence-electron chi connectivity index (χ2n) is 12.4. The van der Waals surface area contributed by atoms with Gasteiger partial charge in [-0.3, -0.25) is 14.6 Å². The van der Waals surface area contributed by atoms with Gasteiger partial charge in [-0.2, -0.15) is 4.39 Å². The van der Waals surface area contributed by atoms with Crippen molar-refractivity contribution in [2.45, 2.75) is 55.9 Å². The van der Waals surface area contributed by atoms with Crippen LogP contribution in [0.25, 0.3) is 0 Å². The van der Waals surface area contributed by atoms with Crippen molar-refractivity contribution in [3.8, 4) is 28.7 Å². The van der Waals surface area contributed by atoms with Crippen molar-refractivity contribution in [1.82, 2.24) is 9.97 Å². The van der Waals surface area contributed by atoms with E-state index in [1.807, 2.05) is 4.98 Å². The van der Waals surface area contributed by atoms with Crippen molar-refractivity contribution in [1.29, 1.82) is 0 Å². The van der Waals surface area contributed by atoms with E-state index in [2.05, 4.69) is 0 Å². The number of phenolic OH excluding ortho intramolecular Hbond substituents is 1. The van der Waals surface area contributed by atoms with E-state index >= 15 is 0 Å². The molecule has 18 heteroatoms. The highest BCUT2D eigenvalue weighted by molar-refractivity contribution is 5.79. The van der Waals surface area contributed by atoms with Crippen molar-refractivity contribution < 1.29 is 67.1 Å². The van der Waals surface area contributed by atoms with Crippen molar-refractivity contribution in [3.05, 3.63) is 73.8 Å². The quantitative estimate of drug-likeness (QED) is 0.227. The number of aromatic amines is 2. The zero-order chi connectivity index (χ0) is 36.1. The van der Waals surface area contributed by atoms with Gasteiger partial charge in [0.25, 0.3) is 5.56 Å². The number of esters is 1. The van der Waals surface area contributed by atoms with Gasteiger partial charge >= 0.3 is 11.7 Å². The zero-order valence-corrected chi connectivity index (χ0v) is 27.4. The number of halogens is 1. The summed E-state index contributed by atoms with van der Waals surface area (Å²) in [5.74, 6) is -2.02. The predicted octanol–water partition coefficient (Wildman–Crippen LogP) is 0.541. The third-order valence-corrected chi connectivity index (χ3v) is 9.52. The van der Waals surface area contributed by atoms with Crippen molar-refractivity contribution in [2.24, 2.45) is 11.8 Å². The smallest absolute Gasteiger partial charge is 0.325 e. The van der Waals surface area contributed by atoms with Crippen LogP contribution < -0.4 is 30.2 Å². The summed E-state index contributed by atoms with van der Waals surface area (Å²) in [6.45, 7) is 1.93. The van der Waals surface area contributed by atoms with E-state index in [4.69, 9.17) is 42.6 Å². The summed E-state index contributed by atoms with van der Waals surface area (Å²) >= 11 is 0. The largest absolute Gasteiger partial charge is 0.502 e. The second kappa shape index (κ2) is 13.8. The van der Waals surface area contributed by atoms with Crippen molar-refractivity contribution in [3.63, 3.8) is 0 Å². The molecule has 0 radical (unpaired) electrons. The van der Waals surface area contributed by atoms with Crippen LogP contribution in [0.4, 0.5) is 4.39 Å². The first-order chi connectivity index (χ1) is 24.5. The molecule has 0 unspecified atom stereocenters. The molecule has 8 rings (SSSR count). The monoisotopic (exact) mass is 718 g/mol. The lowest BCUT2D eigenvalue weighted by Crippen LogP contribution is -2.63. The minimum atomic E-state index is -1.44. The number of aromatic hydroxyl groups is 1. The summed E-state index contributed by atoms with van der Waals surface area (Å²) in [6.07, 6.45) is -6.09. The van der Waals surface area contributed by atoms with Crippen LogP contribution in [0.3, 0.4) is 0 Å². The molecule has 5 heterocycles.